The number of fused-ring (bicyclic) bond motifs is 10. The van der Waals surface area contributed by atoms with E-state index in [9.17, 15) is 0 Å². The molecule has 13 rings (SSSR count). The Morgan fingerprint density at radius 2 is 1.05 bits per heavy atom. The smallest absolute Gasteiger partial charge is 0.167 e. The molecule has 0 spiro atoms. The Morgan fingerprint density at radius 3 is 1.93 bits per heavy atom. The second-order valence-corrected chi connectivity index (χ2v) is 16.7. The van der Waals surface area contributed by atoms with Crippen LogP contribution in [0.4, 0.5) is 0 Å². The summed E-state index contributed by atoms with van der Waals surface area (Å²) in [6.07, 6.45) is 0. The van der Waals surface area contributed by atoms with Crippen molar-refractivity contribution in [2.45, 2.75) is 0 Å². The van der Waals surface area contributed by atoms with E-state index in [0.29, 0.717) is 17.5 Å². The van der Waals surface area contributed by atoms with Gasteiger partial charge in [0.2, 0.25) is 0 Å². The van der Waals surface area contributed by atoms with Crippen LogP contribution in [0.2, 0.25) is 0 Å². The summed E-state index contributed by atoms with van der Waals surface area (Å²) in [4.78, 5) is 16.1. The fourth-order valence-electron chi connectivity index (χ4n) is 9.22. The topological polar surface area (TPSA) is 56.7 Å². The maximum absolute atomic E-state index is 6.82. The predicted molar refractivity (Wildman–Crippen MR) is 254 cm³/mol. The Hall–Kier alpha value is -7.93. The summed E-state index contributed by atoms with van der Waals surface area (Å²) in [6, 6.07) is 68.6. The average Bonchev–Trinajstić information content (AvgIpc) is 4.00. The predicted octanol–water partition coefficient (Wildman–Crippen LogP) is 15.1. The summed E-state index contributed by atoms with van der Waals surface area (Å²) < 4.78 is 11.6. The minimum atomic E-state index is 0.541. The van der Waals surface area contributed by atoms with Crippen molar-refractivity contribution >= 4 is 86.0 Å². The van der Waals surface area contributed by atoms with Crippen LogP contribution >= 0.6 is 11.3 Å². The molecule has 9 aromatic carbocycles. The van der Waals surface area contributed by atoms with Crippen LogP contribution in [0.15, 0.2) is 199 Å². The SMILES string of the molecule is c1ccc(-c2cccc(-c3nc(-c4cc(-n5c6ccccc6c6cc7ccccc7cc65)cc5c4oc4ccccc45)nc(-c4cccc5sc6ccccc6c45)n3)c2)cc1. The quantitative estimate of drug-likeness (QED) is 0.174. The molecule has 4 aromatic heterocycles. The number of para-hydroxylation sites is 2. The number of rotatable bonds is 5. The van der Waals surface area contributed by atoms with Crippen LogP contribution in [0.25, 0.3) is 126 Å². The molecule has 0 fully saturated rings. The molecule has 0 aliphatic carbocycles. The fourth-order valence-corrected chi connectivity index (χ4v) is 10.3. The van der Waals surface area contributed by atoms with Gasteiger partial charge in [-0.3, -0.25) is 0 Å². The molecule has 0 radical (unpaired) electrons. The van der Waals surface area contributed by atoms with Gasteiger partial charge in [-0.2, -0.15) is 0 Å². The van der Waals surface area contributed by atoms with Gasteiger partial charge in [0.1, 0.15) is 11.2 Å². The first-order chi connectivity index (χ1) is 30.2. The van der Waals surface area contributed by atoms with E-state index >= 15 is 0 Å². The second kappa shape index (κ2) is 13.3. The van der Waals surface area contributed by atoms with E-state index in [1.807, 2.05) is 18.2 Å². The van der Waals surface area contributed by atoms with Crippen molar-refractivity contribution in [3.63, 3.8) is 0 Å². The Morgan fingerprint density at radius 1 is 0.393 bits per heavy atom. The average molecular weight is 797 g/mol. The van der Waals surface area contributed by atoms with E-state index in [0.717, 1.165) is 71.9 Å². The zero-order valence-electron chi connectivity index (χ0n) is 32.6. The summed E-state index contributed by atoms with van der Waals surface area (Å²) in [5.74, 6) is 1.74. The third-order valence-corrected chi connectivity index (χ3v) is 13.1. The van der Waals surface area contributed by atoms with Gasteiger partial charge >= 0.3 is 0 Å². The first-order valence-electron chi connectivity index (χ1n) is 20.4. The van der Waals surface area contributed by atoms with Gasteiger partial charge in [-0.15, -0.1) is 11.3 Å². The van der Waals surface area contributed by atoms with Gasteiger partial charge in [-0.1, -0.05) is 140 Å². The van der Waals surface area contributed by atoms with E-state index in [1.54, 1.807) is 11.3 Å². The molecule has 0 unspecified atom stereocenters. The number of benzene rings is 9. The van der Waals surface area contributed by atoms with Gasteiger partial charge in [0, 0.05) is 58.5 Å². The first-order valence-corrected chi connectivity index (χ1v) is 21.2. The molecule has 0 aliphatic heterocycles. The van der Waals surface area contributed by atoms with Crippen molar-refractivity contribution in [1.82, 2.24) is 19.5 Å². The summed E-state index contributed by atoms with van der Waals surface area (Å²) in [5, 5.41) is 9.16. The van der Waals surface area contributed by atoms with Crippen molar-refractivity contribution in [1.29, 1.82) is 0 Å². The summed E-state index contributed by atoms with van der Waals surface area (Å²) in [7, 11) is 0. The zero-order valence-corrected chi connectivity index (χ0v) is 33.4. The molecule has 5 nitrogen and oxygen atoms in total. The highest BCUT2D eigenvalue weighted by Crippen LogP contribution is 2.43. The molecule has 4 heterocycles. The summed E-state index contributed by atoms with van der Waals surface area (Å²) >= 11 is 1.79. The van der Waals surface area contributed by atoms with Crippen molar-refractivity contribution in [3.8, 4) is 51.0 Å². The molecule has 284 valence electrons. The molecule has 6 heteroatoms. The Kier molecular flexibility index (Phi) is 7.41. The number of thiophene rings is 1. The lowest BCUT2D eigenvalue weighted by Crippen LogP contribution is -2.02. The van der Waals surface area contributed by atoms with E-state index in [4.69, 9.17) is 19.4 Å². The highest BCUT2D eigenvalue weighted by molar-refractivity contribution is 7.25. The van der Waals surface area contributed by atoms with Crippen molar-refractivity contribution in [3.05, 3.63) is 194 Å². The first kappa shape index (κ1) is 34.0. The number of aromatic nitrogens is 4. The molecular formula is C55H32N4OS. The third kappa shape index (κ3) is 5.36. The molecule has 0 saturated carbocycles. The van der Waals surface area contributed by atoms with E-state index in [-0.39, 0.29) is 0 Å². The van der Waals surface area contributed by atoms with Gasteiger partial charge in [0.05, 0.1) is 16.6 Å². The van der Waals surface area contributed by atoms with Crippen LogP contribution in [0, 0.1) is 0 Å². The summed E-state index contributed by atoms with van der Waals surface area (Å²) in [5.41, 5.74) is 9.67. The monoisotopic (exact) mass is 796 g/mol. The van der Waals surface area contributed by atoms with Gasteiger partial charge in [-0.05, 0) is 76.5 Å². The third-order valence-electron chi connectivity index (χ3n) is 12.0. The fraction of sp³-hybridized carbons (Fsp3) is 0. The number of hydrogen-bond acceptors (Lipinski definition) is 5. The summed E-state index contributed by atoms with van der Waals surface area (Å²) in [6.45, 7) is 0. The molecule has 13 aromatic rings. The normalized spacial score (nSPS) is 11.9. The maximum Gasteiger partial charge on any atom is 0.167 e. The minimum Gasteiger partial charge on any atom is -0.455 e. The van der Waals surface area contributed by atoms with Gasteiger partial charge in [0.25, 0.3) is 0 Å². The van der Waals surface area contributed by atoms with Crippen LogP contribution in [-0.4, -0.2) is 19.5 Å². The molecule has 0 N–H and O–H groups in total. The van der Waals surface area contributed by atoms with Crippen molar-refractivity contribution in [2.24, 2.45) is 0 Å². The van der Waals surface area contributed by atoms with E-state index in [1.165, 1.54) is 36.3 Å². The van der Waals surface area contributed by atoms with E-state index in [2.05, 4.69) is 180 Å². The minimum absolute atomic E-state index is 0.541. The van der Waals surface area contributed by atoms with Crippen LogP contribution in [0.5, 0.6) is 0 Å². The van der Waals surface area contributed by atoms with Crippen LogP contribution in [0.1, 0.15) is 0 Å². The lowest BCUT2D eigenvalue weighted by atomic mass is 10.0. The Balaban J connectivity index is 1.13. The molecule has 0 atom stereocenters. The Bertz CT molecular complexity index is 3900. The molecule has 0 amide bonds. The van der Waals surface area contributed by atoms with Gasteiger partial charge in [0.15, 0.2) is 17.5 Å². The lowest BCUT2D eigenvalue weighted by Gasteiger charge is -2.13. The molecular weight excluding hydrogens is 765 g/mol. The highest BCUT2D eigenvalue weighted by Gasteiger charge is 2.23. The molecule has 0 saturated heterocycles. The van der Waals surface area contributed by atoms with Crippen LogP contribution in [-0.2, 0) is 0 Å². The van der Waals surface area contributed by atoms with E-state index < -0.39 is 0 Å². The molecule has 61 heavy (non-hydrogen) atoms. The molecule has 0 bridgehead atoms. The zero-order chi connectivity index (χ0) is 40.0. The highest BCUT2D eigenvalue weighted by atomic mass is 32.1. The van der Waals surface area contributed by atoms with Crippen LogP contribution in [0.3, 0.4) is 0 Å². The number of furan rings is 1. The van der Waals surface area contributed by atoms with Crippen molar-refractivity contribution in [2.75, 3.05) is 0 Å². The Labute approximate surface area is 353 Å². The lowest BCUT2D eigenvalue weighted by molar-refractivity contribution is 0.669. The maximum atomic E-state index is 6.82. The van der Waals surface area contributed by atoms with Crippen LogP contribution < -0.4 is 0 Å². The number of nitrogens with zero attached hydrogens (tertiary/aromatic N) is 4. The standard InChI is InChI=1S/C55H32N4OS/c1-2-14-33(15-3-1)34-18-12-19-37(28-34)53-56-54(42-23-13-27-50-51(42)41-22-8-11-26-49(41)61-50)58-55(57-53)45-32-38(31-44-40-21-7-10-25-48(40)60-52(44)45)59-46-24-9-6-20-39(46)43-29-35-16-4-5-17-36(35)30-47(43)59/h1-32H. The largest absolute Gasteiger partial charge is 0.455 e. The van der Waals surface area contributed by atoms with Gasteiger partial charge in [-0.25, -0.2) is 15.0 Å². The molecule has 0 aliphatic rings. The van der Waals surface area contributed by atoms with Gasteiger partial charge < -0.3 is 8.98 Å². The van der Waals surface area contributed by atoms with Crippen molar-refractivity contribution < 1.29 is 4.42 Å². The number of hydrogen-bond donors (Lipinski definition) is 0. The second-order valence-electron chi connectivity index (χ2n) is 15.6.